The third-order valence-electron chi connectivity index (χ3n) is 5.97. The molecule has 1 aliphatic rings. The molecule has 1 saturated heterocycles. The molecule has 4 heteroatoms. The largest absolute Gasteiger partial charge is 0.458 e. The molecule has 0 unspecified atom stereocenters. The molecule has 3 aromatic rings. The highest BCUT2D eigenvalue weighted by atomic mass is 16.8. The highest BCUT2D eigenvalue weighted by Crippen LogP contribution is 2.50. The topological polar surface area (TPSA) is 44.8 Å². The van der Waals surface area contributed by atoms with Gasteiger partial charge in [-0.2, -0.15) is 0 Å². The molecule has 0 N–H and O–H groups in total. The highest BCUT2D eigenvalue weighted by Gasteiger charge is 2.58. The monoisotopic (exact) mass is 444 g/mol. The van der Waals surface area contributed by atoms with E-state index in [9.17, 15) is 4.79 Å². The van der Waals surface area contributed by atoms with Crippen molar-refractivity contribution in [2.45, 2.75) is 64.6 Å². The van der Waals surface area contributed by atoms with Crippen LogP contribution in [-0.4, -0.2) is 17.2 Å². The molecular weight excluding hydrogens is 412 g/mol. The Morgan fingerprint density at radius 3 is 1.97 bits per heavy atom. The summed E-state index contributed by atoms with van der Waals surface area (Å²) < 4.78 is 19.2. The molecule has 0 saturated carbocycles. The van der Waals surface area contributed by atoms with E-state index in [1.165, 1.54) is 0 Å². The number of hydrogen-bond acceptors (Lipinski definition) is 4. The van der Waals surface area contributed by atoms with Gasteiger partial charge in [0.15, 0.2) is 6.29 Å². The van der Waals surface area contributed by atoms with Crippen molar-refractivity contribution in [3.05, 3.63) is 107 Å². The second kappa shape index (κ2) is 9.12. The molecule has 3 atom stereocenters. The maximum atomic E-state index is 13.9. The van der Waals surface area contributed by atoms with Crippen LogP contribution in [-0.2, 0) is 25.4 Å². The standard InChI is InChI=1S/C29H32O4/c1-20-13-9-11-17-23(20)25-29(27(30)33-28(3,4)5,19-22-15-7-6-8-16-22)32-26(31-25)24-18-12-10-14-21(24)2/h6-18,25-26H,19H2,1-5H3/t25-,26-,29+/m1/s1. The summed E-state index contributed by atoms with van der Waals surface area (Å²) in [6, 6.07) is 25.9. The summed E-state index contributed by atoms with van der Waals surface area (Å²) in [6.07, 6.45) is -0.977. The predicted molar refractivity (Wildman–Crippen MR) is 129 cm³/mol. The quantitative estimate of drug-likeness (QED) is 0.426. The van der Waals surface area contributed by atoms with E-state index in [4.69, 9.17) is 14.2 Å². The van der Waals surface area contributed by atoms with Gasteiger partial charge in [-0.15, -0.1) is 0 Å². The van der Waals surface area contributed by atoms with Crippen LogP contribution >= 0.6 is 0 Å². The van der Waals surface area contributed by atoms with Crippen LogP contribution < -0.4 is 0 Å². The lowest BCUT2D eigenvalue weighted by atomic mass is 9.83. The average Bonchev–Trinajstić information content (AvgIpc) is 3.14. The Labute approximate surface area is 196 Å². The fourth-order valence-electron chi connectivity index (χ4n) is 4.33. The van der Waals surface area contributed by atoms with E-state index in [0.29, 0.717) is 6.42 Å². The minimum atomic E-state index is -1.34. The van der Waals surface area contributed by atoms with Gasteiger partial charge in [0, 0.05) is 12.0 Å². The molecule has 0 bridgehead atoms. The van der Waals surface area contributed by atoms with E-state index >= 15 is 0 Å². The average molecular weight is 445 g/mol. The van der Waals surface area contributed by atoms with Crippen LogP contribution in [0.3, 0.4) is 0 Å². The maximum Gasteiger partial charge on any atom is 0.342 e. The number of hydrogen-bond donors (Lipinski definition) is 0. The number of rotatable bonds is 5. The van der Waals surface area contributed by atoms with E-state index in [1.807, 2.05) is 113 Å². The molecule has 4 nitrogen and oxygen atoms in total. The number of carbonyl (C=O) groups is 1. The van der Waals surface area contributed by atoms with E-state index in [2.05, 4.69) is 0 Å². The second-order valence-corrected chi connectivity index (χ2v) is 9.73. The minimum Gasteiger partial charge on any atom is -0.458 e. The molecule has 1 heterocycles. The normalized spacial score (nSPS) is 22.8. The number of esters is 1. The van der Waals surface area contributed by atoms with Gasteiger partial charge in [-0.05, 0) is 56.9 Å². The first-order valence-corrected chi connectivity index (χ1v) is 11.4. The first-order valence-electron chi connectivity index (χ1n) is 11.4. The first-order chi connectivity index (χ1) is 15.7. The van der Waals surface area contributed by atoms with Crippen LogP contribution in [0.15, 0.2) is 78.9 Å². The van der Waals surface area contributed by atoms with Crippen molar-refractivity contribution in [1.82, 2.24) is 0 Å². The first kappa shape index (κ1) is 23.2. The van der Waals surface area contributed by atoms with E-state index in [-0.39, 0.29) is 0 Å². The van der Waals surface area contributed by atoms with Crippen molar-refractivity contribution in [1.29, 1.82) is 0 Å². The third-order valence-corrected chi connectivity index (χ3v) is 5.97. The lowest BCUT2D eigenvalue weighted by Crippen LogP contribution is -2.49. The van der Waals surface area contributed by atoms with Crippen molar-refractivity contribution >= 4 is 5.97 Å². The Bertz CT molecular complexity index is 1120. The number of benzene rings is 3. The predicted octanol–water partition coefficient (Wildman–Crippen LogP) is 6.41. The van der Waals surface area contributed by atoms with E-state index < -0.39 is 29.6 Å². The zero-order valence-electron chi connectivity index (χ0n) is 20.0. The van der Waals surface area contributed by atoms with Crippen LogP contribution in [0.2, 0.25) is 0 Å². The van der Waals surface area contributed by atoms with Gasteiger partial charge in [-0.1, -0.05) is 78.9 Å². The Balaban J connectivity index is 1.87. The molecule has 0 amide bonds. The van der Waals surface area contributed by atoms with Crippen molar-refractivity contribution < 1.29 is 19.0 Å². The molecule has 33 heavy (non-hydrogen) atoms. The molecule has 172 valence electrons. The van der Waals surface area contributed by atoms with Crippen LogP contribution in [0, 0.1) is 13.8 Å². The van der Waals surface area contributed by atoms with Crippen molar-refractivity contribution in [2.75, 3.05) is 0 Å². The summed E-state index contributed by atoms with van der Waals surface area (Å²) in [5, 5.41) is 0. The summed E-state index contributed by atoms with van der Waals surface area (Å²) in [4.78, 5) is 13.9. The zero-order valence-corrected chi connectivity index (χ0v) is 20.0. The van der Waals surface area contributed by atoms with Crippen molar-refractivity contribution in [3.8, 4) is 0 Å². The molecule has 0 spiro atoms. The summed E-state index contributed by atoms with van der Waals surface area (Å²) in [5.74, 6) is -0.414. The smallest absolute Gasteiger partial charge is 0.342 e. The van der Waals surface area contributed by atoms with Crippen LogP contribution in [0.1, 0.15) is 61.0 Å². The fraction of sp³-hybridized carbons (Fsp3) is 0.345. The van der Waals surface area contributed by atoms with E-state index in [0.717, 1.165) is 27.8 Å². The van der Waals surface area contributed by atoms with Crippen molar-refractivity contribution in [3.63, 3.8) is 0 Å². The van der Waals surface area contributed by atoms with Gasteiger partial charge in [0.25, 0.3) is 0 Å². The summed E-state index contributed by atoms with van der Waals surface area (Å²) in [7, 11) is 0. The Morgan fingerprint density at radius 1 is 0.848 bits per heavy atom. The molecule has 4 rings (SSSR count). The Morgan fingerprint density at radius 2 is 1.39 bits per heavy atom. The SMILES string of the molecule is Cc1ccccc1[C@@H]1O[C@H](c2ccccc2C)[C@@](Cc2ccccc2)(C(=O)OC(C)(C)C)O1. The summed E-state index contributed by atoms with van der Waals surface area (Å²) in [6.45, 7) is 9.67. The summed E-state index contributed by atoms with van der Waals surface area (Å²) in [5.41, 5.74) is 2.90. The van der Waals surface area contributed by atoms with Gasteiger partial charge < -0.3 is 14.2 Å². The van der Waals surface area contributed by atoms with Crippen molar-refractivity contribution in [2.24, 2.45) is 0 Å². The summed E-state index contributed by atoms with van der Waals surface area (Å²) >= 11 is 0. The Kier molecular flexibility index (Phi) is 6.42. The van der Waals surface area contributed by atoms with Gasteiger partial charge >= 0.3 is 5.97 Å². The number of aryl methyl sites for hydroxylation is 2. The molecule has 1 fully saturated rings. The molecule has 0 aliphatic carbocycles. The zero-order chi connectivity index (χ0) is 23.6. The van der Waals surface area contributed by atoms with Gasteiger partial charge in [-0.25, -0.2) is 4.79 Å². The molecule has 3 aromatic carbocycles. The van der Waals surface area contributed by atoms with Gasteiger partial charge in [0.1, 0.15) is 11.7 Å². The van der Waals surface area contributed by atoms with E-state index in [1.54, 1.807) is 0 Å². The van der Waals surface area contributed by atoms with Gasteiger partial charge in [0.05, 0.1) is 0 Å². The molecule has 0 aromatic heterocycles. The van der Waals surface area contributed by atoms with Crippen LogP contribution in [0.4, 0.5) is 0 Å². The fourth-order valence-corrected chi connectivity index (χ4v) is 4.33. The van der Waals surface area contributed by atoms with Gasteiger partial charge in [-0.3, -0.25) is 0 Å². The molecular formula is C29H32O4. The Hall–Kier alpha value is -2.95. The van der Waals surface area contributed by atoms with Crippen LogP contribution in [0.25, 0.3) is 0 Å². The van der Waals surface area contributed by atoms with Gasteiger partial charge in [0.2, 0.25) is 5.60 Å². The second-order valence-electron chi connectivity index (χ2n) is 9.73. The number of carbonyl (C=O) groups excluding carboxylic acids is 1. The lowest BCUT2D eigenvalue weighted by Gasteiger charge is -2.34. The maximum absolute atomic E-state index is 13.9. The minimum absolute atomic E-state index is 0.337. The third kappa shape index (κ3) is 4.87. The lowest BCUT2D eigenvalue weighted by molar-refractivity contribution is -0.185. The highest BCUT2D eigenvalue weighted by molar-refractivity contribution is 5.82. The molecule has 1 aliphatic heterocycles. The number of ether oxygens (including phenoxy) is 3. The molecule has 0 radical (unpaired) electrons. The van der Waals surface area contributed by atoms with Crippen LogP contribution in [0.5, 0.6) is 0 Å².